The fraction of sp³-hybridized carbons (Fsp3) is 0.615. The molecule has 0 radical (unpaired) electrons. The quantitative estimate of drug-likeness (QED) is 0.593. The SMILES string of the molecule is Cc1cc([N+](=O)[O-])cnc1N(C)CCN1CCOCC1. The minimum Gasteiger partial charge on any atom is -0.379 e. The van der Waals surface area contributed by atoms with Crippen molar-refractivity contribution in [3.8, 4) is 0 Å². The molecule has 1 aliphatic heterocycles. The number of pyridine rings is 1. The lowest BCUT2D eigenvalue weighted by Gasteiger charge is -2.29. The lowest BCUT2D eigenvalue weighted by atomic mass is 10.2. The van der Waals surface area contributed by atoms with Crippen LogP contribution in [0.4, 0.5) is 11.5 Å². The molecule has 1 fully saturated rings. The molecule has 0 aliphatic carbocycles. The van der Waals surface area contributed by atoms with Gasteiger partial charge in [0, 0.05) is 39.3 Å². The second kappa shape index (κ2) is 6.62. The molecule has 7 heteroatoms. The molecule has 7 nitrogen and oxygen atoms in total. The summed E-state index contributed by atoms with van der Waals surface area (Å²) in [6, 6.07) is 1.56. The number of aryl methyl sites for hydroxylation is 1. The van der Waals surface area contributed by atoms with Crippen molar-refractivity contribution in [3.05, 3.63) is 27.9 Å². The molecule has 0 N–H and O–H groups in total. The van der Waals surface area contributed by atoms with Gasteiger partial charge in [0.2, 0.25) is 0 Å². The summed E-state index contributed by atoms with van der Waals surface area (Å²) in [5, 5.41) is 10.7. The number of anilines is 1. The van der Waals surface area contributed by atoms with Crippen LogP contribution in [0, 0.1) is 17.0 Å². The number of hydrogen-bond donors (Lipinski definition) is 0. The van der Waals surface area contributed by atoms with E-state index in [9.17, 15) is 10.1 Å². The first-order valence-electron chi connectivity index (χ1n) is 6.70. The Morgan fingerprint density at radius 2 is 2.20 bits per heavy atom. The van der Waals surface area contributed by atoms with Crippen LogP contribution in [0.3, 0.4) is 0 Å². The maximum atomic E-state index is 10.7. The van der Waals surface area contributed by atoms with Crippen molar-refractivity contribution in [1.29, 1.82) is 0 Å². The van der Waals surface area contributed by atoms with Gasteiger partial charge >= 0.3 is 0 Å². The Bertz CT molecular complexity index is 475. The molecule has 0 amide bonds. The first-order chi connectivity index (χ1) is 9.58. The van der Waals surface area contributed by atoms with Crippen molar-refractivity contribution in [1.82, 2.24) is 9.88 Å². The summed E-state index contributed by atoms with van der Waals surface area (Å²) in [4.78, 5) is 18.9. The average molecular weight is 280 g/mol. The molecule has 0 unspecified atom stereocenters. The first-order valence-corrected chi connectivity index (χ1v) is 6.70. The predicted molar refractivity (Wildman–Crippen MR) is 76.2 cm³/mol. The van der Waals surface area contributed by atoms with E-state index in [-0.39, 0.29) is 5.69 Å². The highest BCUT2D eigenvalue weighted by Crippen LogP contribution is 2.20. The monoisotopic (exact) mass is 280 g/mol. The van der Waals surface area contributed by atoms with E-state index in [0.717, 1.165) is 50.8 Å². The smallest absolute Gasteiger partial charge is 0.287 e. The van der Waals surface area contributed by atoms with Gasteiger partial charge in [0.05, 0.1) is 18.1 Å². The van der Waals surface area contributed by atoms with Crippen molar-refractivity contribution < 1.29 is 9.66 Å². The minimum atomic E-state index is -0.419. The van der Waals surface area contributed by atoms with Crippen molar-refractivity contribution in [3.63, 3.8) is 0 Å². The number of morpholine rings is 1. The van der Waals surface area contributed by atoms with E-state index in [4.69, 9.17) is 4.74 Å². The van der Waals surface area contributed by atoms with Gasteiger partial charge in [0.1, 0.15) is 12.0 Å². The van der Waals surface area contributed by atoms with Crippen LogP contribution in [0.25, 0.3) is 0 Å². The second-order valence-corrected chi connectivity index (χ2v) is 4.97. The van der Waals surface area contributed by atoms with Gasteiger partial charge in [-0.15, -0.1) is 0 Å². The van der Waals surface area contributed by atoms with E-state index in [1.165, 1.54) is 6.20 Å². The highest BCUT2D eigenvalue weighted by atomic mass is 16.6. The Morgan fingerprint density at radius 3 is 2.80 bits per heavy atom. The number of rotatable bonds is 5. The van der Waals surface area contributed by atoms with E-state index >= 15 is 0 Å². The van der Waals surface area contributed by atoms with Crippen molar-refractivity contribution in [2.75, 3.05) is 51.3 Å². The molecule has 20 heavy (non-hydrogen) atoms. The largest absolute Gasteiger partial charge is 0.379 e. The molecule has 0 saturated carbocycles. The van der Waals surface area contributed by atoms with Crippen molar-refractivity contribution in [2.45, 2.75) is 6.92 Å². The molecular weight excluding hydrogens is 260 g/mol. The Morgan fingerprint density at radius 1 is 1.50 bits per heavy atom. The first kappa shape index (κ1) is 14.7. The number of ether oxygens (including phenoxy) is 1. The van der Waals surface area contributed by atoms with Gasteiger partial charge in [-0.3, -0.25) is 15.0 Å². The third kappa shape index (κ3) is 3.64. The lowest BCUT2D eigenvalue weighted by Crippen LogP contribution is -2.40. The van der Waals surface area contributed by atoms with E-state index in [1.807, 2.05) is 18.9 Å². The standard InChI is InChI=1S/C13H20N4O3/c1-11-9-12(17(18)19)10-14-13(11)15(2)3-4-16-5-7-20-8-6-16/h9-10H,3-8H2,1-2H3. The van der Waals surface area contributed by atoms with Gasteiger partial charge in [-0.1, -0.05) is 0 Å². The molecule has 0 aromatic carbocycles. The van der Waals surface area contributed by atoms with Crippen LogP contribution < -0.4 is 4.90 Å². The fourth-order valence-electron chi connectivity index (χ4n) is 2.27. The summed E-state index contributed by atoms with van der Waals surface area (Å²) in [5.41, 5.74) is 0.858. The van der Waals surface area contributed by atoms with Gasteiger partial charge in [-0.2, -0.15) is 0 Å². The summed E-state index contributed by atoms with van der Waals surface area (Å²) in [5.74, 6) is 0.795. The Kier molecular flexibility index (Phi) is 4.86. The zero-order valence-corrected chi connectivity index (χ0v) is 11.9. The van der Waals surface area contributed by atoms with E-state index in [1.54, 1.807) is 6.07 Å². The van der Waals surface area contributed by atoms with Crippen molar-refractivity contribution >= 4 is 11.5 Å². The van der Waals surface area contributed by atoms with Crippen LogP contribution in [-0.4, -0.2) is 61.2 Å². The van der Waals surface area contributed by atoms with E-state index in [2.05, 4.69) is 9.88 Å². The Hall–Kier alpha value is -1.73. The zero-order valence-electron chi connectivity index (χ0n) is 11.9. The van der Waals surface area contributed by atoms with Gasteiger partial charge in [0.25, 0.3) is 5.69 Å². The summed E-state index contributed by atoms with van der Waals surface area (Å²) in [7, 11) is 1.96. The number of nitro groups is 1. The topological polar surface area (TPSA) is 71.7 Å². The molecule has 0 bridgehead atoms. The molecule has 2 heterocycles. The maximum Gasteiger partial charge on any atom is 0.287 e. The summed E-state index contributed by atoms with van der Waals surface area (Å²) in [6.07, 6.45) is 1.31. The van der Waals surface area contributed by atoms with Crippen LogP contribution in [0.2, 0.25) is 0 Å². The minimum absolute atomic E-state index is 0.0350. The molecule has 1 aliphatic rings. The third-order valence-corrected chi connectivity index (χ3v) is 3.46. The molecule has 2 rings (SSSR count). The number of aromatic nitrogens is 1. The van der Waals surface area contributed by atoms with Crippen LogP contribution in [0.1, 0.15) is 5.56 Å². The molecule has 110 valence electrons. The lowest BCUT2D eigenvalue weighted by molar-refractivity contribution is -0.385. The molecule has 0 spiro atoms. The molecular formula is C13H20N4O3. The van der Waals surface area contributed by atoms with E-state index < -0.39 is 4.92 Å². The number of nitrogens with zero attached hydrogens (tertiary/aromatic N) is 4. The average Bonchev–Trinajstić information content (AvgIpc) is 2.45. The molecule has 1 aromatic heterocycles. The van der Waals surface area contributed by atoms with Crippen LogP contribution in [0.5, 0.6) is 0 Å². The van der Waals surface area contributed by atoms with E-state index in [0.29, 0.717) is 0 Å². The van der Waals surface area contributed by atoms with Crippen molar-refractivity contribution in [2.24, 2.45) is 0 Å². The third-order valence-electron chi connectivity index (χ3n) is 3.46. The van der Waals surface area contributed by atoms with Gasteiger partial charge < -0.3 is 9.64 Å². The van der Waals surface area contributed by atoms with Crippen LogP contribution in [-0.2, 0) is 4.74 Å². The number of likely N-dealkylation sites (N-methyl/N-ethyl adjacent to an activating group) is 1. The van der Waals surface area contributed by atoms with Crippen LogP contribution >= 0.6 is 0 Å². The molecule has 0 atom stereocenters. The summed E-state index contributed by atoms with van der Waals surface area (Å²) >= 11 is 0. The number of hydrogen-bond acceptors (Lipinski definition) is 6. The highest BCUT2D eigenvalue weighted by Gasteiger charge is 2.14. The summed E-state index contributed by atoms with van der Waals surface area (Å²) in [6.45, 7) is 7.13. The van der Waals surface area contributed by atoms with Gasteiger partial charge in [-0.25, -0.2) is 4.98 Å². The zero-order chi connectivity index (χ0) is 14.5. The van der Waals surface area contributed by atoms with Gasteiger partial charge in [0.15, 0.2) is 0 Å². The Balaban J connectivity index is 1.94. The van der Waals surface area contributed by atoms with Gasteiger partial charge in [-0.05, 0) is 12.5 Å². The molecule has 1 saturated heterocycles. The summed E-state index contributed by atoms with van der Waals surface area (Å²) < 4.78 is 5.31. The second-order valence-electron chi connectivity index (χ2n) is 4.97. The maximum absolute atomic E-state index is 10.7. The molecule has 1 aromatic rings. The Labute approximate surface area is 118 Å². The normalized spacial score (nSPS) is 16.1. The van der Waals surface area contributed by atoms with Crippen LogP contribution in [0.15, 0.2) is 12.3 Å². The highest BCUT2D eigenvalue weighted by molar-refractivity contribution is 5.49. The fourth-order valence-corrected chi connectivity index (χ4v) is 2.27. The predicted octanol–water partition coefficient (Wildman–Crippen LogP) is 1.07.